The van der Waals surface area contributed by atoms with Gasteiger partial charge in [0.05, 0.1) is 12.7 Å². The molecular weight excluding hydrogens is 253 g/mol. The molecule has 0 aliphatic heterocycles. The highest BCUT2D eigenvalue weighted by Crippen LogP contribution is 2.27. The van der Waals surface area contributed by atoms with Gasteiger partial charge in [-0.2, -0.15) is 0 Å². The lowest BCUT2D eigenvalue weighted by Crippen LogP contribution is -2.33. The molecule has 1 aliphatic rings. The van der Waals surface area contributed by atoms with Gasteiger partial charge in [0.15, 0.2) is 0 Å². The topological polar surface area (TPSA) is 35.2 Å². The van der Waals surface area contributed by atoms with Crippen molar-refractivity contribution in [3.8, 4) is 0 Å². The highest BCUT2D eigenvalue weighted by molar-refractivity contribution is 6.30. The van der Waals surface area contributed by atoms with Crippen LogP contribution >= 0.6 is 11.6 Å². The zero-order chi connectivity index (χ0) is 13.0. The average molecular weight is 272 g/mol. The van der Waals surface area contributed by atoms with Crippen LogP contribution in [0.4, 0.5) is 4.39 Å². The Labute approximate surface area is 112 Å². The molecule has 0 radical (unpaired) electrons. The molecular formula is C14H19ClFNO. The Morgan fingerprint density at radius 1 is 1.33 bits per heavy atom. The van der Waals surface area contributed by atoms with E-state index in [0.29, 0.717) is 23.0 Å². The Morgan fingerprint density at radius 3 is 2.89 bits per heavy atom. The van der Waals surface area contributed by atoms with Crippen LogP contribution in [0, 0.1) is 11.7 Å². The number of hydrogen-bond donors (Lipinski definition) is 1. The monoisotopic (exact) mass is 271 g/mol. The van der Waals surface area contributed by atoms with E-state index in [1.54, 1.807) is 12.1 Å². The molecule has 0 bridgehead atoms. The summed E-state index contributed by atoms with van der Waals surface area (Å²) in [6, 6.07) is 4.54. The van der Waals surface area contributed by atoms with E-state index in [-0.39, 0.29) is 18.5 Å². The quantitative estimate of drug-likeness (QED) is 0.909. The number of rotatable bonds is 4. The summed E-state index contributed by atoms with van der Waals surface area (Å²) in [7, 11) is 0. The Kier molecular flexibility index (Phi) is 4.98. The molecule has 1 aliphatic carbocycles. The largest absolute Gasteiger partial charge is 0.373 e. The Bertz CT molecular complexity index is 399. The van der Waals surface area contributed by atoms with Crippen molar-refractivity contribution in [2.45, 2.75) is 38.4 Å². The van der Waals surface area contributed by atoms with Crippen LogP contribution in [0.1, 0.15) is 31.2 Å². The maximum absolute atomic E-state index is 13.5. The van der Waals surface area contributed by atoms with E-state index in [9.17, 15) is 4.39 Å². The minimum absolute atomic E-state index is 0.155. The summed E-state index contributed by atoms with van der Waals surface area (Å²) >= 11 is 5.85. The first-order valence-electron chi connectivity index (χ1n) is 6.46. The molecule has 2 nitrogen and oxygen atoms in total. The van der Waals surface area contributed by atoms with Crippen LogP contribution in [0.3, 0.4) is 0 Å². The molecule has 2 atom stereocenters. The summed E-state index contributed by atoms with van der Waals surface area (Å²) in [5.74, 6) is 0.139. The summed E-state index contributed by atoms with van der Waals surface area (Å²) in [6.45, 7) is 0.913. The van der Waals surface area contributed by atoms with Gasteiger partial charge >= 0.3 is 0 Å². The van der Waals surface area contributed by atoms with Crippen molar-refractivity contribution in [2.75, 3.05) is 6.54 Å². The van der Waals surface area contributed by atoms with Crippen LogP contribution in [0.25, 0.3) is 0 Å². The molecule has 0 saturated heterocycles. The van der Waals surface area contributed by atoms with Gasteiger partial charge in [-0.05, 0) is 43.5 Å². The van der Waals surface area contributed by atoms with Crippen molar-refractivity contribution in [1.29, 1.82) is 0 Å². The molecule has 18 heavy (non-hydrogen) atoms. The zero-order valence-corrected chi connectivity index (χ0v) is 11.1. The molecule has 0 aromatic heterocycles. The van der Waals surface area contributed by atoms with Gasteiger partial charge in [0.2, 0.25) is 0 Å². The van der Waals surface area contributed by atoms with Crippen molar-refractivity contribution in [3.05, 3.63) is 34.6 Å². The van der Waals surface area contributed by atoms with Crippen molar-refractivity contribution < 1.29 is 9.13 Å². The van der Waals surface area contributed by atoms with E-state index < -0.39 is 0 Å². The standard InChI is InChI=1S/C14H19ClFNO/c15-12-5-6-13(16)11(7-12)9-18-14-4-2-1-3-10(14)8-17/h5-7,10,14H,1-4,8-9,17H2. The molecule has 0 amide bonds. The van der Waals surface area contributed by atoms with Crippen molar-refractivity contribution in [3.63, 3.8) is 0 Å². The van der Waals surface area contributed by atoms with Gasteiger partial charge in [-0.3, -0.25) is 0 Å². The van der Waals surface area contributed by atoms with E-state index in [1.165, 1.54) is 18.9 Å². The summed E-state index contributed by atoms with van der Waals surface area (Å²) in [5, 5.41) is 0.536. The number of hydrogen-bond acceptors (Lipinski definition) is 2. The summed E-state index contributed by atoms with van der Waals surface area (Å²) < 4.78 is 19.4. The van der Waals surface area contributed by atoms with Crippen molar-refractivity contribution in [2.24, 2.45) is 11.7 Å². The molecule has 2 N–H and O–H groups in total. The van der Waals surface area contributed by atoms with E-state index >= 15 is 0 Å². The van der Waals surface area contributed by atoms with Crippen molar-refractivity contribution >= 4 is 11.6 Å². The molecule has 100 valence electrons. The second-order valence-corrected chi connectivity index (χ2v) is 5.30. The van der Waals surface area contributed by atoms with E-state index in [1.807, 2.05) is 0 Å². The first-order chi connectivity index (χ1) is 8.70. The lowest BCUT2D eigenvalue weighted by molar-refractivity contribution is -0.0192. The average Bonchev–Trinajstić information content (AvgIpc) is 2.40. The third-order valence-electron chi connectivity index (χ3n) is 3.60. The third kappa shape index (κ3) is 3.44. The fourth-order valence-electron chi connectivity index (χ4n) is 2.51. The van der Waals surface area contributed by atoms with Crippen LogP contribution in [-0.2, 0) is 11.3 Å². The molecule has 2 unspecified atom stereocenters. The van der Waals surface area contributed by atoms with Crippen molar-refractivity contribution in [1.82, 2.24) is 0 Å². The third-order valence-corrected chi connectivity index (χ3v) is 3.84. The number of benzene rings is 1. The van der Waals surface area contributed by atoms with E-state index in [2.05, 4.69) is 0 Å². The predicted octanol–water partition coefficient (Wildman–Crippen LogP) is 3.51. The van der Waals surface area contributed by atoms with Gasteiger partial charge in [-0.1, -0.05) is 24.4 Å². The van der Waals surface area contributed by atoms with E-state index in [4.69, 9.17) is 22.1 Å². The second kappa shape index (κ2) is 6.50. The zero-order valence-electron chi connectivity index (χ0n) is 10.4. The highest BCUT2D eigenvalue weighted by atomic mass is 35.5. The lowest BCUT2D eigenvalue weighted by Gasteiger charge is -2.30. The molecule has 0 heterocycles. The SMILES string of the molecule is NCC1CCCCC1OCc1cc(Cl)ccc1F. The molecule has 4 heteroatoms. The highest BCUT2D eigenvalue weighted by Gasteiger charge is 2.24. The van der Waals surface area contributed by atoms with Crippen LogP contribution in [0.2, 0.25) is 5.02 Å². The fourth-order valence-corrected chi connectivity index (χ4v) is 2.71. The summed E-state index contributed by atoms with van der Waals surface area (Å²) in [5.41, 5.74) is 6.26. The van der Waals surface area contributed by atoms with Crippen LogP contribution < -0.4 is 5.73 Å². The van der Waals surface area contributed by atoms with Crippen LogP contribution in [0.15, 0.2) is 18.2 Å². The molecule has 1 aromatic carbocycles. The molecule has 1 aromatic rings. The predicted molar refractivity (Wildman–Crippen MR) is 71.0 cm³/mol. The molecule has 1 fully saturated rings. The smallest absolute Gasteiger partial charge is 0.128 e. The van der Waals surface area contributed by atoms with E-state index in [0.717, 1.165) is 12.8 Å². The molecule has 0 spiro atoms. The summed E-state index contributed by atoms with van der Waals surface area (Å²) in [6.07, 6.45) is 4.66. The number of ether oxygens (including phenoxy) is 1. The first-order valence-corrected chi connectivity index (χ1v) is 6.84. The van der Waals surface area contributed by atoms with Crippen LogP contribution in [-0.4, -0.2) is 12.6 Å². The van der Waals surface area contributed by atoms with Gasteiger partial charge in [0.1, 0.15) is 5.82 Å². The lowest BCUT2D eigenvalue weighted by atomic mass is 9.86. The van der Waals surface area contributed by atoms with Gasteiger partial charge < -0.3 is 10.5 Å². The van der Waals surface area contributed by atoms with Crippen LogP contribution in [0.5, 0.6) is 0 Å². The van der Waals surface area contributed by atoms with Gasteiger partial charge in [-0.25, -0.2) is 4.39 Å². The maximum atomic E-state index is 13.5. The molecule has 2 rings (SSSR count). The maximum Gasteiger partial charge on any atom is 0.128 e. The second-order valence-electron chi connectivity index (χ2n) is 4.87. The molecule has 1 saturated carbocycles. The minimum Gasteiger partial charge on any atom is -0.373 e. The van der Waals surface area contributed by atoms with Gasteiger partial charge in [0, 0.05) is 10.6 Å². The number of halogens is 2. The Hall–Kier alpha value is -0.640. The first kappa shape index (κ1) is 13.8. The van der Waals surface area contributed by atoms with Gasteiger partial charge in [-0.15, -0.1) is 0 Å². The minimum atomic E-state index is -0.264. The summed E-state index contributed by atoms with van der Waals surface area (Å²) in [4.78, 5) is 0. The van der Waals surface area contributed by atoms with Gasteiger partial charge in [0.25, 0.3) is 0 Å². The fraction of sp³-hybridized carbons (Fsp3) is 0.571. The Morgan fingerprint density at radius 2 is 2.11 bits per heavy atom. The Balaban J connectivity index is 1.95. The normalized spacial score (nSPS) is 24.2. The number of nitrogens with two attached hydrogens (primary N) is 1.